The third kappa shape index (κ3) is 3.79. The van der Waals surface area contributed by atoms with Gasteiger partial charge in [-0.1, -0.05) is 6.07 Å². The minimum absolute atomic E-state index is 0. The molecule has 2 heterocycles. The number of hydrogen-bond donors (Lipinski definition) is 1. The van der Waals surface area contributed by atoms with Crippen LogP contribution in [0.5, 0.6) is 0 Å². The van der Waals surface area contributed by atoms with E-state index in [0.29, 0.717) is 13.0 Å². The lowest BCUT2D eigenvalue weighted by Crippen LogP contribution is -2.44. The lowest BCUT2D eigenvalue weighted by Gasteiger charge is -2.27. The van der Waals surface area contributed by atoms with Crippen molar-refractivity contribution in [3.63, 3.8) is 0 Å². The molecule has 0 atom stereocenters. The molecule has 2 aliphatic heterocycles. The maximum absolute atomic E-state index is 13.4. The Bertz CT molecular complexity index is 587. The monoisotopic (exact) mass is 350 g/mol. The summed E-state index contributed by atoms with van der Waals surface area (Å²) in [5, 5.41) is 3.21. The molecule has 23 heavy (non-hydrogen) atoms. The molecule has 1 aromatic carbocycles. The van der Waals surface area contributed by atoms with Gasteiger partial charge < -0.3 is 15.0 Å². The first kappa shape index (κ1) is 18.0. The Morgan fingerprint density at radius 2 is 1.91 bits per heavy atom. The second kappa shape index (κ2) is 7.07. The molecule has 0 unspecified atom stereocenters. The standard InChI is InChI=1S/C15H17F3N2O2.ClH/c16-15(17,18)13-10(3-6-20-7-4-19-5-8-20)1-2-11-12(13)9-22-14(11)21;/h1-2,19H,3-9H2;1H. The van der Waals surface area contributed by atoms with Crippen molar-refractivity contribution in [2.45, 2.75) is 19.2 Å². The number of cyclic esters (lactones) is 1. The summed E-state index contributed by atoms with van der Waals surface area (Å²) in [6.45, 7) is 3.70. The average molecular weight is 351 g/mol. The van der Waals surface area contributed by atoms with Crippen molar-refractivity contribution in [2.75, 3.05) is 32.7 Å². The number of piperazine rings is 1. The number of nitrogens with zero attached hydrogens (tertiary/aromatic N) is 1. The van der Waals surface area contributed by atoms with E-state index >= 15 is 0 Å². The normalized spacial score (nSPS) is 18.3. The number of halogens is 4. The van der Waals surface area contributed by atoms with Gasteiger partial charge in [0.05, 0.1) is 11.1 Å². The van der Waals surface area contributed by atoms with Gasteiger partial charge in [-0.3, -0.25) is 0 Å². The van der Waals surface area contributed by atoms with Crippen molar-refractivity contribution in [1.82, 2.24) is 10.2 Å². The maximum Gasteiger partial charge on any atom is 0.417 e. The molecule has 0 bridgehead atoms. The molecule has 0 amide bonds. The molecule has 1 aromatic rings. The maximum atomic E-state index is 13.4. The number of nitrogens with one attached hydrogen (secondary N) is 1. The Labute approximate surface area is 138 Å². The van der Waals surface area contributed by atoms with E-state index < -0.39 is 17.7 Å². The topological polar surface area (TPSA) is 41.6 Å². The Hall–Kier alpha value is -1.31. The van der Waals surface area contributed by atoms with Gasteiger partial charge in [0.15, 0.2) is 0 Å². The van der Waals surface area contributed by atoms with Crippen LogP contribution in [0.4, 0.5) is 13.2 Å². The van der Waals surface area contributed by atoms with Gasteiger partial charge in [0, 0.05) is 38.3 Å². The number of carbonyl (C=O) groups excluding carboxylic acids is 1. The zero-order valence-electron chi connectivity index (χ0n) is 12.4. The fourth-order valence-electron chi connectivity index (χ4n) is 3.03. The van der Waals surface area contributed by atoms with Crippen molar-refractivity contribution in [1.29, 1.82) is 0 Å². The fraction of sp³-hybridized carbons (Fsp3) is 0.533. The summed E-state index contributed by atoms with van der Waals surface area (Å²) in [4.78, 5) is 13.6. The molecule has 0 spiro atoms. The van der Waals surface area contributed by atoms with Crippen molar-refractivity contribution in [3.8, 4) is 0 Å². The van der Waals surface area contributed by atoms with Gasteiger partial charge >= 0.3 is 12.1 Å². The molecule has 1 fully saturated rings. The van der Waals surface area contributed by atoms with Crippen LogP contribution in [0, 0.1) is 0 Å². The number of rotatable bonds is 3. The van der Waals surface area contributed by atoms with Crippen molar-refractivity contribution < 1.29 is 22.7 Å². The molecule has 2 aliphatic rings. The third-order valence-corrected chi connectivity index (χ3v) is 4.16. The molecule has 0 aliphatic carbocycles. The van der Waals surface area contributed by atoms with E-state index in [2.05, 4.69) is 10.2 Å². The second-order valence-electron chi connectivity index (χ2n) is 5.54. The molecular weight excluding hydrogens is 333 g/mol. The van der Waals surface area contributed by atoms with E-state index in [0.717, 1.165) is 26.2 Å². The Kier molecular flexibility index (Phi) is 5.54. The highest BCUT2D eigenvalue weighted by Crippen LogP contribution is 2.39. The largest absolute Gasteiger partial charge is 0.457 e. The lowest BCUT2D eigenvalue weighted by atomic mass is 9.95. The first-order valence-corrected chi connectivity index (χ1v) is 7.29. The van der Waals surface area contributed by atoms with E-state index in [1.807, 2.05) is 0 Å². The summed E-state index contributed by atoms with van der Waals surface area (Å²) in [6, 6.07) is 2.86. The van der Waals surface area contributed by atoms with E-state index in [-0.39, 0.29) is 35.7 Å². The minimum Gasteiger partial charge on any atom is -0.457 e. The van der Waals surface area contributed by atoms with Crippen LogP contribution >= 0.6 is 12.4 Å². The molecule has 0 aromatic heterocycles. The van der Waals surface area contributed by atoms with Crippen LogP contribution in [-0.4, -0.2) is 43.6 Å². The number of esters is 1. The summed E-state index contributed by atoms with van der Waals surface area (Å²) >= 11 is 0. The number of carbonyl (C=O) groups is 1. The molecule has 8 heteroatoms. The smallest absolute Gasteiger partial charge is 0.417 e. The number of alkyl halides is 3. The predicted octanol–water partition coefficient (Wildman–Crippen LogP) is 2.25. The highest BCUT2D eigenvalue weighted by atomic mass is 35.5. The quantitative estimate of drug-likeness (QED) is 0.849. The number of fused-ring (bicyclic) bond motifs is 1. The zero-order valence-corrected chi connectivity index (χ0v) is 13.2. The van der Waals surface area contributed by atoms with Crippen LogP contribution in [0.15, 0.2) is 12.1 Å². The van der Waals surface area contributed by atoms with Gasteiger partial charge in [0.2, 0.25) is 0 Å². The lowest BCUT2D eigenvalue weighted by molar-refractivity contribution is -0.139. The Morgan fingerprint density at radius 1 is 1.22 bits per heavy atom. The van der Waals surface area contributed by atoms with Crippen molar-refractivity contribution >= 4 is 18.4 Å². The van der Waals surface area contributed by atoms with Crippen LogP contribution in [-0.2, 0) is 23.9 Å². The Morgan fingerprint density at radius 3 is 2.57 bits per heavy atom. The number of hydrogen-bond acceptors (Lipinski definition) is 4. The van der Waals surface area contributed by atoms with Crippen LogP contribution in [0.25, 0.3) is 0 Å². The van der Waals surface area contributed by atoms with Gasteiger partial charge in [-0.25, -0.2) is 4.79 Å². The van der Waals surface area contributed by atoms with Crippen LogP contribution < -0.4 is 5.32 Å². The van der Waals surface area contributed by atoms with E-state index in [4.69, 9.17) is 4.74 Å². The first-order chi connectivity index (χ1) is 10.5. The van der Waals surface area contributed by atoms with Crippen LogP contribution in [0.1, 0.15) is 27.0 Å². The summed E-state index contributed by atoms with van der Waals surface area (Å²) in [7, 11) is 0. The number of benzene rings is 1. The van der Waals surface area contributed by atoms with Gasteiger partial charge in [-0.2, -0.15) is 13.2 Å². The first-order valence-electron chi connectivity index (χ1n) is 7.29. The Balaban J connectivity index is 0.00000192. The van der Waals surface area contributed by atoms with Crippen molar-refractivity contribution in [2.24, 2.45) is 0 Å². The van der Waals surface area contributed by atoms with E-state index in [1.165, 1.54) is 12.1 Å². The summed E-state index contributed by atoms with van der Waals surface area (Å²) in [5.74, 6) is -0.672. The van der Waals surface area contributed by atoms with Gasteiger partial charge in [-0.15, -0.1) is 12.4 Å². The van der Waals surface area contributed by atoms with Crippen LogP contribution in [0.3, 0.4) is 0 Å². The minimum atomic E-state index is -4.47. The molecule has 1 N–H and O–H groups in total. The van der Waals surface area contributed by atoms with Crippen molar-refractivity contribution in [3.05, 3.63) is 34.4 Å². The zero-order chi connectivity index (χ0) is 15.7. The SMILES string of the molecule is Cl.O=C1OCc2c1ccc(CCN1CCNCC1)c2C(F)(F)F. The molecule has 1 saturated heterocycles. The molecule has 3 rings (SSSR count). The third-order valence-electron chi connectivity index (χ3n) is 4.16. The molecular formula is C15H18ClF3N2O2. The summed E-state index contributed by atoms with van der Waals surface area (Å²) < 4.78 is 45.0. The molecule has 128 valence electrons. The molecule has 4 nitrogen and oxygen atoms in total. The van der Waals surface area contributed by atoms with Gasteiger partial charge in [0.25, 0.3) is 0 Å². The second-order valence-corrected chi connectivity index (χ2v) is 5.54. The average Bonchev–Trinajstić information content (AvgIpc) is 2.86. The van der Waals surface area contributed by atoms with E-state index in [9.17, 15) is 18.0 Å². The summed E-state index contributed by atoms with van der Waals surface area (Å²) in [5.41, 5.74) is -0.428. The molecule has 0 saturated carbocycles. The fourth-order valence-corrected chi connectivity index (χ4v) is 3.03. The number of ether oxygens (including phenoxy) is 1. The highest BCUT2D eigenvalue weighted by Gasteiger charge is 2.40. The van der Waals surface area contributed by atoms with Gasteiger partial charge in [0.1, 0.15) is 6.61 Å². The van der Waals surface area contributed by atoms with E-state index in [1.54, 1.807) is 0 Å². The highest BCUT2D eigenvalue weighted by molar-refractivity contribution is 5.94. The summed E-state index contributed by atoms with van der Waals surface area (Å²) in [6.07, 6.45) is -4.16. The van der Waals surface area contributed by atoms with Crippen LogP contribution in [0.2, 0.25) is 0 Å². The predicted molar refractivity (Wildman–Crippen MR) is 80.8 cm³/mol. The van der Waals surface area contributed by atoms with Gasteiger partial charge in [-0.05, 0) is 18.1 Å². The molecule has 0 radical (unpaired) electrons.